The molecule has 0 aliphatic carbocycles. The second-order valence-electron chi connectivity index (χ2n) is 4.26. The number of rotatable bonds is 4. The second kappa shape index (κ2) is 5.54. The average molecular weight is 238 g/mol. The summed E-state index contributed by atoms with van der Waals surface area (Å²) < 4.78 is 0. The molecular formula is C12H18N2O3. The summed E-state index contributed by atoms with van der Waals surface area (Å²) in [6, 6.07) is 3.83. The maximum atomic E-state index is 12.0. The second-order valence-corrected chi connectivity index (χ2v) is 4.26. The molecule has 1 atom stereocenters. The van der Waals surface area contributed by atoms with Crippen molar-refractivity contribution in [1.82, 2.24) is 4.90 Å². The maximum Gasteiger partial charge on any atom is 0.253 e. The number of hydrogen-bond donors (Lipinski definition) is 3. The van der Waals surface area contributed by atoms with E-state index in [0.717, 1.165) is 0 Å². The fourth-order valence-electron chi connectivity index (χ4n) is 1.56. The third-order valence-electron chi connectivity index (χ3n) is 2.48. The fourth-order valence-corrected chi connectivity index (χ4v) is 1.56. The van der Waals surface area contributed by atoms with Crippen molar-refractivity contribution in [2.45, 2.75) is 6.92 Å². The highest BCUT2D eigenvalue weighted by Crippen LogP contribution is 2.21. The minimum Gasteiger partial charge on any atom is -0.508 e. The van der Waals surface area contributed by atoms with Gasteiger partial charge in [-0.05, 0) is 24.6 Å². The number of phenolic OH excluding ortho intramolecular Hbond substituents is 2. The molecule has 0 heterocycles. The Bertz CT molecular complexity index is 386. The van der Waals surface area contributed by atoms with Crippen LogP contribution in [0.25, 0.3) is 0 Å². The zero-order valence-electron chi connectivity index (χ0n) is 10.1. The van der Waals surface area contributed by atoms with Gasteiger partial charge in [-0.2, -0.15) is 0 Å². The van der Waals surface area contributed by atoms with Crippen LogP contribution in [0.15, 0.2) is 18.2 Å². The number of phenols is 2. The maximum absolute atomic E-state index is 12.0. The van der Waals surface area contributed by atoms with E-state index in [4.69, 9.17) is 5.73 Å². The highest BCUT2D eigenvalue weighted by Gasteiger charge is 2.15. The van der Waals surface area contributed by atoms with Gasteiger partial charge in [0.15, 0.2) is 0 Å². The highest BCUT2D eigenvalue weighted by molar-refractivity contribution is 5.94. The van der Waals surface area contributed by atoms with Crippen LogP contribution in [0.1, 0.15) is 17.3 Å². The summed E-state index contributed by atoms with van der Waals surface area (Å²) in [4.78, 5) is 13.5. The van der Waals surface area contributed by atoms with E-state index in [1.165, 1.54) is 23.1 Å². The minimum atomic E-state index is -0.253. The molecule has 0 aliphatic heterocycles. The Morgan fingerprint density at radius 3 is 2.35 bits per heavy atom. The molecular weight excluding hydrogens is 220 g/mol. The third-order valence-corrected chi connectivity index (χ3v) is 2.48. The molecule has 0 bridgehead atoms. The van der Waals surface area contributed by atoms with E-state index >= 15 is 0 Å². The molecule has 5 nitrogen and oxygen atoms in total. The molecule has 5 heteroatoms. The van der Waals surface area contributed by atoms with Gasteiger partial charge in [-0.1, -0.05) is 6.92 Å². The zero-order chi connectivity index (χ0) is 13.0. The summed E-state index contributed by atoms with van der Waals surface area (Å²) in [7, 11) is 1.66. The number of carbonyl (C=O) groups excluding carboxylic acids is 1. The first kappa shape index (κ1) is 13.3. The van der Waals surface area contributed by atoms with Gasteiger partial charge in [0.2, 0.25) is 0 Å². The lowest BCUT2D eigenvalue weighted by molar-refractivity contribution is 0.0776. The van der Waals surface area contributed by atoms with Crippen LogP contribution >= 0.6 is 0 Å². The van der Waals surface area contributed by atoms with Gasteiger partial charge in [0.25, 0.3) is 5.91 Å². The largest absolute Gasteiger partial charge is 0.508 e. The van der Waals surface area contributed by atoms with Gasteiger partial charge in [-0.25, -0.2) is 0 Å². The molecule has 0 saturated heterocycles. The number of hydrogen-bond acceptors (Lipinski definition) is 4. The van der Waals surface area contributed by atoms with E-state index in [0.29, 0.717) is 13.1 Å². The standard InChI is InChI=1S/C12H18N2O3/c1-8(6-13)7-14(2)12(17)9-3-10(15)5-11(16)4-9/h3-5,8,15-16H,6-7,13H2,1-2H3. The molecule has 0 spiro atoms. The average Bonchev–Trinajstić information content (AvgIpc) is 2.26. The van der Waals surface area contributed by atoms with Crippen molar-refractivity contribution in [2.24, 2.45) is 11.7 Å². The monoisotopic (exact) mass is 238 g/mol. The molecule has 94 valence electrons. The fraction of sp³-hybridized carbons (Fsp3) is 0.417. The molecule has 0 aromatic heterocycles. The molecule has 0 radical (unpaired) electrons. The van der Waals surface area contributed by atoms with Crippen LogP contribution < -0.4 is 5.73 Å². The molecule has 1 amide bonds. The molecule has 1 rings (SSSR count). The third kappa shape index (κ3) is 3.64. The Morgan fingerprint density at radius 2 is 1.88 bits per heavy atom. The lowest BCUT2D eigenvalue weighted by Crippen LogP contribution is -2.33. The van der Waals surface area contributed by atoms with Gasteiger partial charge in [-0.15, -0.1) is 0 Å². The molecule has 1 aromatic rings. The number of amides is 1. The summed E-state index contributed by atoms with van der Waals surface area (Å²) in [5, 5.41) is 18.6. The normalized spacial score (nSPS) is 12.2. The van der Waals surface area contributed by atoms with Crippen molar-refractivity contribution in [3.8, 4) is 11.5 Å². The van der Waals surface area contributed by atoms with Crippen molar-refractivity contribution in [3.05, 3.63) is 23.8 Å². The van der Waals surface area contributed by atoms with Crippen molar-refractivity contribution < 1.29 is 15.0 Å². The predicted molar refractivity (Wildman–Crippen MR) is 65.0 cm³/mol. The van der Waals surface area contributed by atoms with E-state index in [2.05, 4.69) is 0 Å². The van der Waals surface area contributed by atoms with Crippen molar-refractivity contribution in [1.29, 1.82) is 0 Å². The van der Waals surface area contributed by atoms with Crippen LogP contribution in [0.4, 0.5) is 0 Å². The predicted octanol–water partition coefficient (Wildman–Crippen LogP) is 0.765. The van der Waals surface area contributed by atoms with Crippen LogP contribution in [0.5, 0.6) is 11.5 Å². The van der Waals surface area contributed by atoms with Gasteiger partial charge in [0.1, 0.15) is 11.5 Å². The van der Waals surface area contributed by atoms with Crippen LogP contribution in [-0.2, 0) is 0 Å². The number of benzene rings is 1. The summed E-state index contributed by atoms with van der Waals surface area (Å²) in [5.41, 5.74) is 5.75. The summed E-state index contributed by atoms with van der Waals surface area (Å²) >= 11 is 0. The van der Waals surface area contributed by atoms with E-state index in [9.17, 15) is 15.0 Å². The van der Waals surface area contributed by atoms with E-state index in [1.54, 1.807) is 7.05 Å². The molecule has 4 N–H and O–H groups in total. The minimum absolute atomic E-state index is 0.131. The molecule has 0 saturated carbocycles. The topological polar surface area (TPSA) is 86.8 Å². The molecule has 17 heavy (non-hydrogen) atoms. The first-order valence-electron chi connectivity index (χ1n) is 5.42. The van der Waals surface area contributed by atoms with Gasteiger partial charge in [0.05, 0.1) is 0 Å². The number of nitrogens with zero attached hydrogens (tertiary/aromatic N) is 1. The number of carbonyl (C=O) groups is 1. The van der Waals surface area contributed by atoms with Crippen LogP contribution in [0, 0.1) is 5.92 Å². The first-order valence-corrected chi connectivity index (χ1v) is 5.42. The summed E-state index contributed by atoms with van der Waals surface area (Å²) in [5.74, 6) is -0.311. The van der Waals surface area contributed by atoms with Crippen molar-refractivity contribution in [2.75, 3.05) is 20.1 Å². The Labute approximate surface area is 100 Å². The zero-order valence-corrected chi connectivity index (χ0v) is 10.1. The lowest BCUT2D eigenvalue weighted by Gasteiger charge is -2.20. The van der Waals surface area contributed by atoms with Crippen molar-refractivity contribution in [3.63, 3.8) is 0 Å². The smallest absolute Gasteiger partial charge is 0.253 e. The Hall–Kier alpha value is -1.75. The van der Waals surface area contributed by atoms with Crippen LogP contribution in [0.2, 0.25) is 0 Å². The SMILES string of the molecule is CC(CN)CN(C)C(=O)c1cc(O)cc(O)c1. The van der Waals surface area contributed by atoms with Crippen LogP contribution in [0.3, 0.4) is 0 Å². The molecule has 1 unspecified atom stereocenters. The molecule has 1 aromatic carbocycles. The van der Waals surface area contributed by atoms with Gasteiger partial charge < -0.3 is 20.8 Å². The summed E-state index contributed by atoms with van der Waals surface area (Å²) in [6.07, 6.45) is 0. The molecule has 0 fully saturated rings. The van der Waals surface area contributed by atoms with Gasteiger partial charge in [-0.3, -0.25) is 4.79 Å². The Balaban J connectivity index is 2.81. The van der Waals surface area contributed by atoms with Gasteiger partial charge in [0, 0.05) is 25.2 Å². The Kier molecular flexibility index (Phi) is 4.34. The first-order chi connectivity index (χ1) is 7.93. The Morgan fingerprint density at radius 1 is 1.35 bits per heavy atom. The van der Waals surface area contributed by atoms with Crippen molar-refractivity contribution >= 4 is 5.91 Å². The number of nitrogens with two attached hydrogens (primary N) is 1. The lowest BCUT2D eigenvalue weighted by atomic mass is 10.1. The van der Waals surface area contributed by atoms with E-state index < -0.39 is 0 Å². The number of aromatic hydroxyl groups is 2. The highest BCUT2D eigenvalue weighted by atomic mass is 16.3. The van der Waals surface area contributed by atoms with Gasteiger partial charge >= 0.3 is 0 Å². The van der Waals surface area contributed by atoms with E-state index in [-0.39, 0.29) is 28.9 Å². The quantitative estimate of drug-likeness (QED) is 0.723. The summed E-state index contributed by atoms with van der Waals surface area (Å²) in [6.45, 7) is 2.98. The van der Waals surface area contributed by atoms with E-state index in [1.807, 2.05) is 6.92 Å². The molecule has 0 aliphatic rings. The van der Waals surface area contributed by atoms with Crippen LogP contribution in [-0.4, -0.2) is 41.2 Å².